The second-order valence-electron chi connectivity index (χ2n) is 8.66. The van der Waals surface area contributed by atoms with Gasteiger partial charge in [-0.2, -0.15) is 13.2 Å². The third kappa shape index (κ3) is 5.41. The maximum atomic E-state index is 13.8. The molecule has 0 radical (unpaired) electrons. The Morgan fingerprint density at radius 2 is 2.00 bits per heavy atom. The van der Waals surface area contributed by atoms with E-state index in [1.807, 2.05) is 32.0 Å². The zero-order valence-electron chi connectivity index (χ0n) is 18.0. The molecule has 1 amide bonds. The van der Waals surface area contributed by atoms with E-state index in [0.717, 1.165) is 11.1 Å². The summed E-state index contributed by atoms with van der Waals surface area (Å²) in [7, 11) is 3.81. The molecule has 0 bridgehead atoms. The average Bonchev–Trinajstić information content (AvgIpc) is 3.32. The van der Waals surface area contributed by atoms with Crippen LogP contribution >= 0.6 is 11.3 Å². The van der Waals surface area contributed by atoms with Gasteiger partial charge in [0.25, 0.3) is 0 Å². The minimum absolute atomic E-state index is 0.0233. The predicted molar refractivity (Wildman–Crippen MR) is 116 cm³/mol. The van der Waals surface area contributed by atoms with E-state index in [4.69, 9.17) is 0 Å². The average molecular weight is 455 g/mol. The molecule has 0 spiro atoms. The second-order valence-corrected chi connectivity index (χ2v) is 9.64. The molecule has 31 heavy (non-hydrogen) atoms. The van der Waals surface area contributed by atoms with E-state index in [2.05, 4.69) is 5.32 Å². The normalized spacial score (nSPS) is 17.4. The molecular formula is C23H29F3N2O2S. The first-order valence-electron chi connectivity index (χ1n) is 10.4. The van der Waals surface area contributed by atoms with Crippen molar-refractivity contribution in [2.24, 2.45) is 5.41 Å². The number of carbonyl (C=O) groups is 1. The molecule has 2 atom stereocenters. The third-order valence-corrected chi connectivity index (χ3v) is 7.33. The molecule has 0 aliphatic heterocycles. The lowest BCUT2D eigenvalue weighted by molar-refractivity contribution is -0.194. The number of nitrogens with zero attached hydrogens (tertiary/aromatic N) is 1. The number of carbonyl (C=O) groups excluding carboxylic acids is 1. The summed E-state index contributed by atoms with van der Waals surface area (Å²) < 4.78 is 41.3. The highest BCUT2D eigenvalue weighted by atomic mass is 32.1. The van der Waals surface area contributed by atoms with E-state index in [1.54, 1.807) is 29.6 Å². The van der Waals surface area contributed by atoms with Crippen molar-refractivity contribution in [3.05, 3.63) is 51.7 Å². The number of phenolic OH excluding ortho intramolecular Hbond substituents is 1. The number of alkyl halides is 3. The number of phenols is 1. The summed E-state index contributed by atoms with van der Waals surface area (Å²) >= 11 is 1.28. The second kappa shape index (κ2) is 9.20. The van der Waals surface area contributed by atoms with Crippen molar-refractivity contribution in [1.82, 2.24) is 10.2 Å². The zero-order chi connectivity index (χ0) is 22.8. The molecule has 8 heteroatoms. The lowest BCUT2D eigenvalue weighted by Crippen LogP contribution is -2.42. The van der Waals surface area contributed by atoms with E-state index in [0.29, 0.717) is 17.8 Å². The zero-order valence-corrected chi connectivity index (χ0v) is 18.8. The van der Waals surface area contributed by atoms with E-state index in [-0.39, 0.29) is 37.0 Å². The van der Waals surface area contributed by atoms with Gasteiger partial charge < -0.3 is 15.3 Å². The molecule has 4 nitrogen and oxygen atoms in total. The summed E-state index contributed by atoms with van der Waals surface area (Å²) in [6.45, 7) is 2.25. The molecule has 2 aromatic rings. The van der Waals surface area contributed by atoms with Gasteiger partial charge in [0.05, 0.1) is 5.41 Å². The van der Waals surface area contributed by atoms with Crippen molar-refractivity contribution < 1.29 is 23.1 Å². The van der Waals surface area contributed by atoms with Gasteiger partial charge in [0, 0.05) is 29.8 Å². The smallest absolute Gasteiger partial charge is 0.395 e. The molecule has 1 aliphatic carbocycles. The number of likely N-dealkylation sites (N-methyl/N-ethyl adjacent to an activating group) is 1. The molecule has 1 unspecified atom stereocenters. The summed E-state index contributed by atoms with van der Waals surface area (Å²) in [5.41, 5.74) is 0.229. The Bertz CT molecular complexity index is 893. The minimum Gasteiger partial charge on any atom is -0.508 e. The Hall–Kier alpha value is -2.06. The third-order valence-electron chi connectivity index (χ3n) is 6.34. The van der Waals surface area contributed by atoms with Crippen LogP contribution in [0.5, 0.6) is 5.75 Å². The van der Waals surface area contributed by atoms with Crippen LogP contribution in [0.3, 0.4) is 0 Å². The minimum atomic E-state index is -4.31. The number of thiophene rings is 1. The molecule has 2 N–H and O–H groups in total. The number of hydrogen-bond acceptors (Lipinski definition) is 4. The number of aromatic hydroxyl groups is 1. The monoisotopic (exact) mass is 454 g/mol. The largest absolute Gasteiger partial charge is 0.508 e. The summed E-state index contributed by atoms with van der Waals surface area (Å²) in [6.07, 6.45) is -3.68. The Morgan fingerprint density at radius 1 is 1.29 bits per heavy atom. The van der Waals surface area contributed by atoms with Crippen LogP contribution in [0.4, 0.5) is 13.2 Å². The summed E-state index contributed by atoms with van der Waals surface area (Å²) in [5.74, 6) is -0.998. The van der Waals surface area contributed by atoms with Gasteiger partial charge in [-0.3, -0.25) is 4.79 Å². The number of rotatable bonds is 9. The van der Waals surface area contributed by atoms with Crippen LogP contribution in [0.1, 0.15) is 41.2 Å². The first-order chi connectivity index (χ1) is 14.5. The number of aryl methyl sites for hydroxylation is 1. The van der Waals surface area contributed by atoms with Gasteiger partial charge in [-0.25, -0.2) is 0 Å². The van der Waals surface area contributed by atoms with E-state index in [1.165, 1.54) is 11.3 Å². The Kier molecular flexibility index (Phi) is 7.01. The summed E-state index contributed by atoms with van der Waals surface area (Å²) in [6, 6.07) is 8.59. The van der Waals surface area contributed by atoms with Crippen molar-refractivity contribution in [1.29, 1.82) is 0 Å². The van der Waals surface area contributed by atoms with Crippen LogP contribution in [0, 0.1) is 12.3 Å². The molecule has 1 saturated carbocycles. The van der Waals surface area contributed by atoms with Gasteiger partial charge in [-0.15, -0.1) is 11.3 Å². The van der Waals surface area contributed by atoms with Gasteiger partial charge in [-0.05, 0) is 75.0 Å². The van der Waals surface area contributed by atoms with Crippen LogP contribution < -0.4 is 5.32 Å². The first-order valence-corrected chi connectivity index (χ1v) is 11.2. The lowest BCUT2D eigenvalue weighted by atomic mass is 9.84. The molecule has 3 rings (SSSR count). The fraction of sp³-hybridized carbons (Fsp3) is 0.522. The molecule has 1 heterocycles. The summed E-state index contributed by atoms with van der Waals surface area (Å²) in [4.78, 5) is 15.3. The van der Waals surface area contributed by atoms with Crippen LogP contribution in [-0.2, 0) is 11.2 Å². The molecule has 1 aromatic carbocycles. The van der Waals surface area contributed by atoms with E-state index in [9.17, 15) is 23.1 Å². The highest BCUT2D eigenvalue weighted by Crippen LogP contribution is 2.66. The molecular weight excluding hydrogens is 425 g/mol. The van der Waals surface area contributed by atoms with Crippen LogP contribution in [0.25, 0.3) is 0 Å². The van der Waals surface area contributed by atoms with Gasteiger partial charge in [0.15, 0.2) is 0 Å². The van der Waals surface area contributed by atoms with E-state index >= 15 is 0 Å². The highest BCUT2D eigenvalue weighted by molar-refractivity contribution is 7.10. The number of nitrogens with one attached hydrogen (secondary N) is 1. The standard InChI is InChI=1S/C23H29F3N2O2S/c1-15-11-18(29)7-6-16(15)12-17(28(2)3)14-27-21(30)13-19(20-5-4-10-31-20)22(8-9-22)23(24,25)26/h4-7,10-11,17,19,29H,8-9,12-14H2,1-3H3,(H,27,30)/t17-,19?/m0/s1. The van der Waals surface area contributed by atoms with Crippen molar-refractivity contribution >= 4 is 17.2 Å². The fourth-order valence-corrected chi connectivity index (χ4v) is 5.06. The van der Waals surface area contributed by atoms with Crippen LogP contribution in [0.15, 0.2) is 35.7 Å². The topological polar surface area (TPSA) is 52.6 Å². The van der Waals surface area contributed by atoms with Gasteiger partial charge in [0.1, 0.15) is 5.75 Å². The van der Waals surface area contributed by atoms with Gasteiger partial charge in [-0.1, -0.05) is 12.1 Å². The predicted octanol–water partition coefficient (Wildman–Crippen LogP) is 4.87. The molecule has 1 aromatic heterocycles. The number of amides is 1. The Labute approximate surface area is 185 Å². The van der Waals surface area contributed by atoms with Crippen molar-refractivity contribution in [2.45, 2.75) is 50.7 Å². The summed E-state index contributed by atoms with van der Waals surface area (Å²) in [5, 5.41) is 14.2. The number of halogens is 3. The molecule has 1 fully saturated rings. The Balaban J connectivity index is 1.66. The van der Waals surface area contributed by atoms with E-state index < -0.39 is 17.5 Å². The fourth-order valence-electron chi connectivity index (χ4n) is 4.11. The SMILES string of the molecule is Cc1cc(O)ccc1C[C@@H](CNC(=O)CC(c1cccs1)C1(C(F)(F)F)CC1)N(C)C. The van der Waals surface area contributed by atoms with Crippen molar-refractivity contribution in [3.63, 3.8) is 0 Å². The van der Waals surface area contributed by atoms with Gasteiger partial charge >= 0.3 is 6.18 Å². The van der Waals surface area contributed by atoms with Gasteiger partial charge in [0.2, 0.25) is 5.91 Å². The number of hydrogen-bond donors (Lipinski definition) is 2. The van der Waals surface area contributed by atoms with Crippen molar-refractivity contribution in [2.75, 3.05) is 20.6 Å². The first kappa shape index (κ1) is 23.6. The molecule has 170 valence electrons. The number of benzene rings is 1. The maximum absolute atomic E-state index is 13.8. The highest BCUT2D eigenvalue weighted by Gasteiger charge is 2.67. The Morgan fingerprint density at radius 3 is 2.52 bits per heavy atom. The van der Waals surface area contributed by atoms with Crippen molar-refractivity contribution in [3.8, 4) is 5.75 Å². The van der Waals surface area contributed by atoms with Crippen LogP contribution in [0.2, 0.25) is 0 Å². The molecule has 1 aliphatic rings. The lowest BCUT2D eigenvalue weighted by Gasteiger charge is -2.29. The quantitative estimate of drug-likeness (QED) is 0.569. The molecule has 0 saturated heterocycles. The van der Waals surface area contributed by atoms with Crippen LogP contribution in [-0.4, -0.2) is 48.8 Å². The maximum Gasteiger partial charge on any atom is 0.395 e.